The molecular formula is C28H31F2N5O4S. The third kappa shape index (κ3) is 5.00. The zero-order valence-electron chi connectivity index (χ0n) is 21.9. The van der Waals surface area contributed by atoms with Crippen molar-refractivity contribution in [2.45, 2.75) is 54.3 Å². The van der Waals surface area contributed by atoms with Crippen molar-refractivity contribution < 1.29 is 27.4 Å². The molecule has 12 heteroatoms. The second kappa shape index (κ2) is 10.3. The summed E-state index contributed by atoms with van der Waals surface area (Å²) in [6.07, 6.45) is 2.58. The van der Waals surface area contributed by atoms with Crippen molar-refractivity contribution in [3.05, 3.63) is 65.9 Å². The number of ether oxygens (including phenoxy) is 1. The van der Waals surface area contributed by atoms with E-state index >= 15 is 0 Å². The van der Waals surface area contributed by atoms with E-state index in [-0.39, 0.29) is 18.1 Å². The number of hydrogen-bond donors (Lipinski definition) is 4. The quantitative estimate of drug-likeness (QED) is 0.286. The Morgan fingerprint density at radius 3 is 2.42 bits per heavy atom. The van der Waals surface area contributed by atoms with Gasteiger partial charge in [-0.15, -0.1) is 0 Å². The van der Waals surface area contributed by atoms with Gasteiger partial charge < -0.3 is 20.3 Å². The van der Waals surface area contributed by atoms with E-state index in [1.807, 2.05) is 6.92 Å². The Kier molecular flexibility index (Phi) is 6.89. The normalized spacial score (nSPS) is 20.6. The molecule has 2 aromatic carbocycles. The SMILES string of the molecule is C[C@H]1COCCN1c1cc(C2(S(O)(O)c3c(F)cccc3F)CC2)nc(-c2ccc(NC(=O)NC3CC3)cc2)n1. The third-order valence-corrected chi connectivity index (χ3v) is 10.3. The molecule has 4 N–H and O–H groups in total. The molecule has 3 aliphatic rings. The fourth-order valence-electron chi connectivity index (χ4n) is 5.04. The Morgan fingerprint density at radius 2 is 1.80 bits per heavy atom. The Hall–Kier alpha value is -3.32. The smallest absolute Gasteiger partial charge is 0.319 e. The lowest BCUT2D eigenvalue weighted by atomic mass is 10.1. The Morgan fingerprint density at radius 1 is 1.10 bits per heavy atom. The van der Waals surface area contributed by atoms with Crippen molar-refractivity contribution in [2.24, 2.45) is 0 Å². The van der Waals surface area contributed by atoms with Gasteiger partial charge >= 0.3 is 6.03 Å². The van der Waals surface area contributed by atoms with Gasteiger partial charge in [0.05, 0.1) is 24.9 Å². The molecule has 0 radical (unpaired) electrons. The first-order valence-electron chi connectivity index (χ1n) is 13.3. The van der Waals surface area contributed by atoms with Gasteiger partial charge in [-0.25, -0.2) is 23.5 Å². The average molecular weight is 572 g/mol. The maximum absolute atomic E-state index is 14.8. The molecule has 3 fully saturated rings. The minimum absolute atomic E-state index is 0.000397. The standard InChI is InChI=1S/C28H31F2N5O4S/c1-17-16-39-14-13-35(17)24-15-23(28(11-12-28)40(37,38)25-21(29)3-2-4-22(25)30)33-26(34-24)18-5-7-19(8-6-18)31-27(36)32-20-9-10-20/h2-8,15,17,20,37-38H,9-14,16H2,1H3,(H2,31,32,36)/t17-/m0/s1. The summed E-state index contributed by atoms with van der Waals surface area (Å²) in [6, 6.07) is 11.9. The van der Waals surface area contributed by atoms with E-state index in [1.165, 1.54) is 6.07 Å². The monoisotopic (exact) mass is 571 g/mol. The fraction of sp³-hybridized carbons (Fsp3) is 0.393. The van der Waals surface area contributed by atoms with E-state index in [0.29, 0.717) is 61.2 Å². The summed E-state index contributed by atoms with van der Waals surface area (Å²) in [5.74, 6) is -1.11. The third-order valence-electron chi connectivity index (χ3n) is 7.61. The number of nitrogens with zero attached hydrogens (tertiary/aromatic N) is 3. The number of nitrogens with one attached hydrogen (secondary N) is 2. The number of carbonyl (C=O) groups excluding carboxylic acids is 1. The van der Waals surface area contributed by atoms with Gasteiger partial charge in [0.1, 0.15) is 27.1 Å². The number of rotatable bonds is 7. The Labute approximate surface area is 232 Å². The van der Waals surface area contributed by atoms with Crippen molar-refractivity contribution >= 4 is 28.1 Å². The van der Waals surface area contributed by atoms with Crippen LogP contribution < -0.4 is 15.5 Å². The summed E-state index contributed by atoms with van der Waals surface area (Å²) < 4.78 is 56.6. The van der Waals surface area contributed by atoms with E-state index < -0.39 is 31.9 Å². The van der Waals surface area contributed by atoms with Gasteiger partial charge in [-0.05, 0) is 69.0 Å². The highest BCUT2D eigenvalue weighted by Gasteiger charge is 2.59. The molecule has 0 bridgehead atoms. The van der Waals surface area contributed by atoms with Crippen molar-refractivity contribution in [3.63, 3.8) is 0 Å². The molecule has 1 atom stereocenters. The highest BCUT2D eigenvalue weighted by atomic mass is 32.3. The van der Waals surface area contributed by atoms with Crippen LogP contribution in [0.5, 0.6) is 0 Å². The number of anilines is 2. The van der Waals surface area contributed by atoms with Gasteiger partial charge in [-0.3, -0.25) is 9.11 Å². The van der Waals surface area contributed by atoms with Gasteiger partial charge in [-0.1, -0.05) is 6.07 Å². The molecule has 2 aliphatic carbocycles. The van der Waals surface area contributed by atoms with Crippen LogP contribution >= 0.6 is 10.6 Å². The van der Waals surface area contributed by atoms with Crippen molar-refractivity contribution in [3.8, 4) is 11.4 Å². The lowest BCUT2D eigenvalue weighted by Gasteiger charge is -2.41. The summed E-state index contributed by atoms with van der Waals surface area (Å²) in [6.45, 7) is 3.58. The van der Waals surface area contributed by atoms with E-state index in [0.717, 1.165) is 25.0 Å². The van der Waals surface area contributed by atoms with E-state index in [2.05, 4.69) is 15.5 Å². The molecule has 1 aliphatic heterocycles. The number of carbonyl (C=O) groups is 1. The van der Waals surface area contributed by atoms with Crippen LogP contribution in [0.2, 0.25) is 0 Å². The lowest BCUT2D eigenvalue weighted by Crippen LogP contribution is -2.44. The average Bonchev–Trinajstić information content (AvgIpc) is 3.85. The zero-order chi connectivity index (χ0) is 28.1. The van der Waals surface area contributed by atoms with Gasteiger partial charge in [0.15, 0.2) is 5.82 Å². The summed E-state index contributed by atoms with van der Waals surface area (Å²) in [4.78, 5) is 23.0. The van der Waals surface area contributed by atoms with Crippen LogP contribution in [-0.2, 0) is 9.48 Å². The van der Waals surface area contributed by atoms with Crippen LogP contribution in [-0.4, -0.2) is 56.9 Å². The molecule has 40 heavy (non-hydrogen) atoms. The topological polar surface area (TPSA) is 120 Å². The van der Waals surface area contributed by atoms with Crippen LogP contribution in [0.4, 0.5) is 25.1 Å². The van der Waals surface area contributed by atoms with E-state index in [1.54, 1.807) is 30.3 Å². The summed E-state index contributed by atoms with van der Waals surface area (Å²) in [7, 11) is -3.96. The number of urea groups is 1. The first-order chi connectivity index (χ1) is 19.2. The molecule has 3 aromatic rings. The molecule has 1 saturated heterocycles. The number of benzene rings is 2. The molecule has 0 unspecified atom stereocenters. The minimum atomic E-state index is -3.96. The molecule has 0 spiro atoms. The van der Waals surface area contributed by atoms with Crippen molar-refractivity contribution in [1.82, 2.24) is 15.3 Å². The second-order valence-corrected chi connectivity index (χ2v) is 12.9. The number of halogens is 2. The summed E-state index contributed by atoms with van der Waals surface area (Å²) in [5.41, 5.74) is 1.56. The largest absolute Gasteiger partial charge is 0.377 e. The Bertz CT molecular complexity index is 1410. The van der Waals surface area contributed by atoms with Gasteiger partial charge in [0, 0.05) is 29.9 Å². The first kappa shape index (κ1) is 26.9. The molecular weight excluding hydrogens is 540 g/mol. The fourth-order valence-corrected chi connectivity index (χ4v) is 7.18. The molecule has 2 heterocycles. The predicted octanol–water partition coefficient (Wildman–Crippen LogP) is 5.73. The maximum atomic E-state index is 14.8. The van der Waals surface area contributed by atoms with E-state index in [9.17, 15) is 22.7 Å². The number of hydrogen-bond acceptors (Lipinski definition) is 7. The molecule has 6 rings (SSSR count). The molecule has 2 saturated carbocycles. The van der Waals surface area contributed by atoms with E-state index in [4.69, 9.17) is 14.7 Å². The number of amides is 2. The van der Waals surface area contributed by atoms with Gasteiger partial charge in [0.25, 0.3) is 0 Å². The van der Waals surface area contributed by atoms with Crippen LogP contribution in [0, 0.1) is 11.6 Å². The molecule has 212 valence electrons. The minimum Gasteiger partial charge on any atom is -0.377 e. The molecule has 1 aromatic heterocycles. The van der Waals surface area contributed by atoms with Crippen LogP contribution in [0.25, 0.3) is 11.4 Å². The van der Waals surface area contributed by atoms with Crippen LogP contribution in [0.3, 0.4) is 0 Å². The van der Waals surface area contributed by atoms with Gasteiger partial charge in [0.2, 0.25) is 0 Å². The van der Waals surface area contributed by atoms with Crippen LogP contribution in [0.1, 0.15) is 38.3 Å². The van der Waals surface area contributed by atoms with Crippen molar-refractivity contribution in [2.75, 3.05) is 30.0 Å². The maximum Gasteiger partial charge on any atom is 0.319 e. The summed E-state index contributed by atoms with van der Waals surface area (Å²) in [5, 5.41) is 5.68. The second-order valence-electron chi connectivity index (χ2n) is 10.6. The lowest BCUT2D eigenvalue weighted by molar-refractivity contribution is 0.0985. The van der Waals surface area contributed by atoms with Gasteiger partial charge in [-0.2, -0.15) is 10.6 Å². The number of aromatic nitrogens is 2. The van der Waals surface area contributed by atoms with Crippen LogP contribution in [0.15, 0.2) is 53.4 Å². The highest BCUT2D eigenvalue weighted by Crippen LogP contribution is 2.75. The predicted molar refractivity (Wildman–Crippen MR) is 149 cm³/mol. The first-order valence-corrected chi connectivity index (χ1v) is 14.9. The van der Waals surface area contributed by atoms with Crippen molar-refractivity contribution in [1.29, 1.82) is 0 Å². The zero-order valence-corrected chi connectivity index (χ0v) is 22.8. The Balaban J connectivity index is 1.39. The number of morpholine rings is 1. The summed E-state index contributed by atoms with van der Waals surface area (Å²) >= 11 is 0. The molecule has 9 nitrogen and oxygen atoms in total. The highest BCUT2D eigenvalue weighted by molar-refractivity contribution is 8.25. The molecule has 2 amide bonds.